The molecule has 0 bridgehead atoms. The van der Waals surface area contributed by atoms with Crippen molar-refractivity contribution in [3.63, 3.8) is 0 Å². The molecule has 1 aliphatic rings. The van der Waals surface area contributed by atoms with Crippen molar-refractivity contribution in [1.29, 1.82) is 0 Å². The minimum atomic E-state index is -0.711. The highest BCUT2D eigenvalue weighted by atomic mass is 16.6. The van der Waals surface area contributed by atoms with Gasteiger partial charge in [-0.1, -0.05) is 78.9 Å². The van der Waals surface area contributed by atoms with Gasteiger partial charge in [0, 0.05) is 5.56 Å². The molecule has 0 aromatic heterocycles. The van der Waals surface area contributed by atoms with Gasteiger partial charge in [-0.15, -0.1) is 0 Å². The van der Waals surface area contributed by atoms with Crippen LogP contribution >= 0.6 is 0 Å². The predicted molar refractivity (Wildman–Crippen MR) is 140 cm³/mol. The van der Waals surface area contributed by atoms with Crippen LogP contribution in [0.4, 0.5) is 0 Å². The number of aryl methyl sites for hydroxylation is 1. The summed E-state index contributed by atoms with van der Waals surface area (Å²) in [5.74, 6) is -0.858. The van der Waals surface area contributed by atoms with E-state index >= 15 is 0 Å². The zero-order chi connectivity index (χ0) is 24.5. The van der Waals surface area contributed by atoms with Crippen LogP contribution in [0.5, 0.6) is 0 Å². The lowest BCUT2D eigenvalue weighted by molar-refractivity contribution is -0.0436. The second-order valence-electron chi connectivity index (χ2n) is 9.10. The number of rotatable bonds is 4. The first-order valence-corrected chi connectivity index (χ1v) is 12.1. The number of ether oxygens (including phenoxy) is 2. The summed E-state index contributed by atoms with van der Waals surface area (Å²) in [5.41, 5.74) is 2.93. The number of carbonyl (C=O) groups is 2. The second kappa shape index (κ2) is 9.31. The van der Waals surface area contributed by atoms with Crippen molar-refractivity contribution in [3.8, 4) is 0 Å². The molecule has 0 unspecified atom stereocenters. The van der Waals surface area contributed by atoms with Crippen molar-refractivity contribution in [2.75, 3.05) is 0 Å². The van der Waals surface area contributed by atoms with Crippen LogP contribution in [0.3, 0.4) is 0 Å². The normalized spacial score (nSPS) is 16.9. The zero-order valence-corrected chi connectivity index (χ0v) is 19.6. The minimum Gasteiger partial charge on any atom is -0.454 e. The molecule has 0 saturated heterocycles. The van der Waals surface area contributed by atoms with Crippen LogP contribution in [0.15, 0.2) is 109 Å². The third kappa shape index (κ3) is 4.11. The lowest BCUT2D eigenvalue weighted by Gasteiger charge is -2.33. The summed E-state index contributed by atoms with van der Waals surface area (Å²) < 4.78 is 12.1. The smallest absolute Gasteiger partial charge is 0.338 e. The molecular formula is C32H24O4. The third-order valence-electron chi connectivity index (χ3n) is 6.86. The van der Waals surface area contributed by atoms with Gasteiger partial charge in [-0.3, -0.25) is 0 Å². The van der Waals surface area contributed by atoms with Crippen molar-refractivity contribution in [1.82, 2.24) is 0 Å². The maximum atomic E-state index is 13.1. The van der Waals surface area contributed by atoms with Crippen molar-refractivity contribution < 1.29 is 19.1 Å². The molecule has 4 heteroatoms. The fourth-order valence-corrected chi connectivity index (χ4v) is 5.05. The Morgan fingerprint density at radius 1 is 0.611 bits per heavy atom. The van der Waals surface area contributed by atoms with Gasteiger partial charge in [0.15, 0.2) is 6.10 Å². The summed E-state index contributed by atoms with van der Waals surface area (Å²) in [6.07, 6.45) is -0.00970. The van der Waals surface area contributed by atoms with E-state index in [-0.39, 0.29) is 0 Å². The molecular weight excluding hydrogens is 448 g/mol. The molecule has 0 heterocycles. The van der Waals surface area contributed by atoms with Crippen molar-refractivity contribution in [2.24, 2.45) is 0 Å². The summed E-state index contributed by atoms with van der Waals surface area (Å²) in [7, 11) is 0. The van der Waals surface area contributed by atoms with Crippen molar-refractivity contribution in [2.45, 2.75) is 25.0 Å². The molecule has 0 amide bonds. The number of hydrogen-bond donors (Lipinski definition) is 0. The SMILES string of the molecule is O=C(O[C@H]1CCc2cc3ccc4ccccc4c3cc2[C@@H]1OC(=O)c1ccccc1)c1ccccc1. The molecule has 0 N–H and O–H groups in total. The molecule has 0 spiro atoms. The Kier molecular flexibility index (Phi) is 5.70. The number of benzene rings is 5. The van der Waals surface area contributed by atoms with Gasteiger partial charge in [-0.2, -0.15) is 0 Å². The minimum absolute atomic E-state index is 0.420. The van der Waals surface area contributed by atoms with E-state index in [2.05, 4.69) is 36.4 Å². The van der Waals surface area contributed by atoms with Crippen molar-refractivity contribution in [3.05, 3.63) is 131 Å². The summed E-state index contributed by atoms with van der Waals surface area (Å²) >= 11 is 0. The number of esters is 2. The fraction of sp³-hybridized carbons (Fsp3) is 0.125. The van der Waals surface area contributed by atoms with E-state index in [1.165, 1.54) is 0 Å². The molecule has 5 aromatic rings. The van der Waals surface area contributed by atoms with Gasteiger partial charge in [-0.25, -0.2) is 9.59 Å². The average molecular weight is 473 g/mol. The number of carbonyl (C=O) groups excluding carboxylic acids is 2. The summed E-state index contributed by atoms with van der Waals surface area (Å²) in [6, 6.07) is 34.6. The van der Waals surface area contributed by atoms with E-state index in [9.17, 15) is 9.59 Å². The fourth-order valence-electron chi connectivity index (χ4n) is 5.05. The Labute approximate surface area is 209 Å². The van der Waals surface area contributed by atoms with E-state index in [0.29, 0.717) is 17.5 Å². The second-order valence-corrected chi connectivity index (χ2v) is 9.10. The zero-order valence-electron chi connectivity index (χ0n) is 19.6. The van der Waals surface area contributed by atoms with Crippen LogP contribution < -0.4 is 0 Å². The Balaban J connectivity index is 1.43. The van der Waals surface area contributed by atoms with E-state index in [4.69, 9.17) is 9.47 Å². The van der Waals surface area contributed by atoms with E-state index in [1.54, 1.807) is 48.5 Å². The molecule has 1 aliphatic carbocycles. The lowest BCUT2D eigenvalue weighted by atomic mass is 9.84. The lowest BCUT2D eigenvalue weighted by Crippen LogP contribution is -2.33. The van der Waals surface area contributed by atoms with E-state index in [1.807, 2.05) is 24.3 Å². The summed E-state index contributed by atoms with van der Waals surface area (Å²) in [6.45, 7) is 0. The molecule has 0 saturated carbocycles. The maximum absolute atomic E-state index is 13.1. The highest BCUT2D eigenvalue weighted by molar-refractivity contribution is 6.08. The van der Waals surface area contributed by atoms with Crippen LogP contribution in [0, 0.1) is 0 Å². The highest BCUT2D eigenvalue weighted by Gasteiger charge is 2.36. The molecule has 0 aliphatic heterocycles. The molecule has 176 valence electrons. The van der Waals surface area contributed by atoms with Gasteiger partial charge >= 0.3 is 11.9 Å². The molecule has 4 nitrogen and oxygen atoms in total. The monoisotopic (exact) mass is 472 g/mol. The first-order valence-electron chi connectivity index (χ1n) is 12.1. The van der Waals surface area contributed by atoms with Crippen LogP contribution in [0.1, 0.15) is 44.4 Å². The molecule has 5 aromatic carbocycles. The molecule has 0 fully saturated rings. The molecule has 6 rings (SSSR count). The highest BCUT2D eigenvalue weighted by Crippen LogP contribution is 2.39. The third-order valence-corrected chi connectivity index (χ3v) is 6.86. The molecule has 2 atom stereocenters. The Bertz CT molecular complexity index is 1570. The summed E-state index contributed by atoms with van der Waals surface area (Å²) in [4.78, 5) is 26.1. The Hall–Kier alpha value is -4.44. The summed E-state index contributed by atoms with van der Waals surface area (Å²) in [5, 5.41) is 4.50. The average Bonchev–Trinajstić information content (AvgIpc) is 2.94. The van der Waals surface area contributed by atoms with Crippen LogP contribution in [0.2, 0.25) is 0 Å². The van der Waals surface area contributed by atoms with E-state index < -0.39 is 24.1 Å². The molecule has 0 radical (unpaired) electrons. The number of hydrogen-bond acceptors (Lipinski definition) is 4. The first kappa shape index (κ1) is 22.1. The quantitative estimate of drug-likeness (QED) is 0.207. The predicted octanol–water partition coefficient (Wildman–Crippen LogP) is 7.06. The Morgan fingerprint density at radius 2 is 1.22 bits per heavy atom. The van der Waals surface area contributed by atoms with Crippen LogP contribution in [-0.4, -0.2) is 18.0 Å². The van der Waals surface area contributed by atoms with Crippen LogP contribution in [0.25, 0.3) is 21.5 Å². The van der Waals surface area contributed by atoms with Gasteiger partial charge in [0.1, 0.15) is 6.10 Å². The number of fused-ring (bicyclic) bond motifs is 4. The molecule has 36 heavy (non-hydrogen) atoms. The van der Waals surface area contributed by atoms with Crippen LogP contribution in [-0.2, 0) is 15.9 Å². The van der Waals surface area contributed by atoms with Gasteiger partial charge in [-0.05, 0) is 70.3 Å². The van der Waals surface area contributed by atoms with Crippen molar-refractivity contribution >= 4 is 33.5 Å². The standard InChI is InChI=1S/C32H24O4/c33-31(22-10-3-1-4-11-22)35-29-18-17-25-19-24-16-15-21-9-7-8-14-26(21)27(24)20-28(25)30(29)36-32(34)23-12-5-2-6-13-23/h1-16,19-20,29-30H,17-18H2/t29-,30-/m0/s1. The van der Waals surface area contributed by atoms with Gasteiger partial charge in [0.05, 0.1) is 11.1 Å². The Morgan fingerprint density at radius 3 is 1.94 bits per heavy atom. The maximum Gasteiger partial charge on any atom is 0.338 e. The first-order chi connectivity index (χ1) is 17.7. The van der Waals surface area contributed by atoms with Gasteiger partial charge < -0.3 is 9.47 Å². The van der Waals surface area contributed by atoms with Gasteiger partial charge in [0.25, 0.3) is 0 Å². The van der Waals surface area contributed by atoms with Gasteiger partial charge in [0.2, 0.25) is 0 Å². The van der Waals surface area contributed by atoms with E-state index in [0.717, 1.165) is 39.1 Å². The largest absolute Gasteiger partial charge is 0.454 e. The topological polar surface area (TPSA) is 52.6 Å².